The van der Waals surface area contributed by atoms with Crippen LogP contribution in [0.2, 0.25) is 0 Å². The van der Waals surface area contributed by atoms with E-state index in [-0.39, 0.29) is 17.0 Å². The molecule has 6 nitrogen and oxygen atoms in total. The van der Waals surface area contributed by atoms with Crippen LogP contribution >= 0.6 is 0 Å². The Hall–Kier alpha value is -1.77. The zero-order valence-corrected chi connectivity index (χ0v) is 11.5. The van der Waals surface area contributed by atoms with E-state index in [9.17, 15) is 12.8 Å². The fraction of sp³-hybridized carbons (Fsp3) is 0.250. The predicted octanol–water partition coefficient (Wildman–Crippen LogP) is 0.459. The number of halogens is 1. The van der Waals surface area contributed by atoms with Gasteiger partial charge in [0.05, 0.1) is 12.7 Å². The van der Waals surface area contributed by atoms with Crippen LogP contribution in [0.5, 0.6) is 0 Å². The van der Waals surface area contributed by atoms with Crippen molar-refractivity contribution >= 4 is 10.0 Å². The zero-order chi connectivity index (χ0) is 14.6. The average Bonchev–Trinajstić information content (AvgIpc) is 2.88. The van der Waals surface area contributed by atoms with Crippen LogP contribution in [0.15, 0.2) is 41.6 Å². The minimum absolute atomic E-state index is 0.0299. The summed E-state index contributed by atoms with van der Waals surface area (Å²) in [4.78, 5) is 0.0299. The highest BCUT2D eigenvalue weighted by Gasteiger charge is 2.16. The number of nitrogens with zero attached hydrogens (tertiary/aromatic N) is 2. The second kappa shape index (κ2) is 6.12. The summed E-state index contributed by atoms with van der Waals surface area (Å²) in [6.45, 7) is 0.684. The molecular weight excluding hydrogens is 283 g/mol. The van der Waals surface area contributed by atoms with Gasteiger partial charge < -0.3 is 5.73 Å². The standard InChI is InChI=1S/C12H15FN4O2S/c13-12-4-2-1-3-10(12)7-16-20(18,19)11-8-15-17(9-11)6-5-14/h1-4,8-9,16H,5-7,14H2. The molecule has 0 saturated heterocycles. The van der Waals surface area contributed by atoms with Crippen molar-refractivity contribution < 1.29 is 12.8 Å². The fourth-order valence-electron chi connectivity index (χ4n) is 1.64. The van der Waals surface area contributed by atoms with Crippen LogP contribution in [0.4, 0.5) is 4.39 Å². The maximum Gasteiger partial charge on any atom is 0.243 e. The summed E-state index contributed by atoms with van der Waals surface area (Å²) in [5, 5.41) is 3.89. The first kappa shape index (κ1) is 14.6. The molecule has 0 aliphatic carbocycles. The minimum Gasteiger partial charge on any atom is -0.329 e. The zero-order valence-electron chi connectivity index (χ0n) is 10.7. The highest BCUT2D eigenvalue weighted by Crippen LogP contribution is 2.10. The van der Waals surface area contributed by atoms with Crippen molar-refractivity contribution in [3.05, 3.63) is 48.0 Å². The molecular formula is C12H15FN4O2S. The molecule has 1 aromatic carbocycles. The molecule has 0 aliphatic heterocycles. The van der Waals surface area contributed by atoms with E-state index < -0.39 is 15.8 Å². The fourth-order valence-corrected chi connectivity index (χ4v) is 2.59. The lowest BCUT2D eigenvalue weighted by atomic mass is 10.2. The number of benzene rings is 1. The largest absolute Gasteiger partial charge is 0.329 e. The smallest absolute Gasteiger partial charge is 0.243 e. The van der Waals surface area contributed by atoms with E-state index in [0.717, 1.165) is 0 Å². The van der Waals surface area contributed by atoms with Crippen molar-refractivity contribution in [2.75, 3.05) is 6.54 Å². The Labute approximate surface area is 116 Å². The number of nitrogens with one attached hydrogen (secondary N) is 1. The number of rotatable bonds is 6. The van der Waals surface area contributed by atoms with Crippen molar-refractivity contribution in [3.8, 4) is 0 Å². The number of hydrogen-bond acceptors (Lipinski definition) is 4. The molecule has 2 rings (SSSR count). The lowest BCUT2D eigenvalue weighted by Gasteiger charge is -2.05. The first-order chi connectivity index (χ1) is 9.53. The van der Waals surface area contributed by atoms with E-state index in [1.54, 1.807) is 12.1 Å². The van der Waals surface area contributed by atoms with Crippen molar-refractivity contribution in [2.45, 2.75) is 18.0 Å². The topological polar surface area (TPSA) is 90.0 Å². The third kappa shape index (κ3) is 3.41. The van der Waals surface area contributed by atoms with E-state index in [1.807, 2.05) is 0 Å². The summed E-state index contributed by atoms with van der Waals surface area (Å²) in [6, 6.07) is 5.99. The lowest BCUT2D eigenvalue weighted by molar-refractivity contribution is 0.573. The summed E-state index contributed by atoms with van der Waals surface area (Å²) in [6.07, 6.45) is 2.62. The van der Waals surface area contributed by atoms with E-state index >= 15 is 0 Å². The van der Waals surface area contributed by atoms with E-state index in [4.69, 9.17) is 5.73 Å². The number of hydrogen-bond donors (Lipinski definition) is 2. The Balaban J connectivity index is 2.09. The van der Waals surface area contributed by atoms with Crippen LogP contribution in [0.25, 0.3) is 0 Å². The van der Waals surface area contributed by atoms with Crippen LogP contribution in [0.3, 0.4) is 0 Å². The van der Waals surface area contributed by atoms with Crippen LogP contribution in [0.1, 0.15) is 5.56 Å². The lowest BCUT2D eigenvalue weighted by Crippen LogP contribution is -2.23. The molecule has 0 fully saturated rings. The SMILES string of the molecule is NCCn1cc(S(=O)(=O)NCc2ccccc2F)cn1. The molecule has 0 unspecified atom stereocenters. The van der Waals surface area contributed by atoms with Crippen molar-refractivity contribution in [1.29, 1.82) is 0 Å². The second-order valence-electron chi connectivity index (χ2n) is 4.14. The van der Waals surface area contributed by atoms with Gasteiger partial charge in [-0.1, -0.05) is 18.2 Å². The van der Waals surface area contributed by atoms with Gasteiger partial charge in [-0.2, -0.15) is 5.10 Å². The molecule has 8 heteroatoms. The minimum atomic E-state index is -3.71. The van der Waals surface area contributed by atoms with Gasteiger partial charge in [-0.25, -0.2) is 17.5 Å². The quantitative estimate of drug-likeness (QED) is 0.810. The first-order valence-corrected chi connectivity index (χ1v) is 7.47. The highest BCUT2D eigenvalue weighted by molar-refractivity contribution is 7.89. The van der Waals surface area contributed by atoms with Gasteiger partial charge in [0, 0.05) is 24.8 Å². The molecule has 3 N–H and O–H groups in total. The van der Waals surface area contributed by atoms with Crippen LogP contribution < -0.4 is 10.5 Å². The maximum absolute atomic E-state index is 13.4. The van der Waals surface area contributed by atoms with Crippen LogP contribution in [-0.4, -0.2) is 24.7 Å². The predicted molar refractivity (Wildman–Crippen MR) is 71.7 cm³/mol. The first-order valence-electron chi connectivity index (χ1n) is 5.98. The Bertz CT molecular complexity index is 684. The molecule has 0 saturated carbocycles. The van der Waals surface area contributed by atoms with Gasteiger partial charge in [0.2, 0.25) is 10.0 Å². The van der Waals surface area contributed by atoms with E-state index in [1.165, 1.54) is 29.2 Å². The van der Waals surface area contributed by atoms with E-state index in [2.05, 4.69) is 9.82 Å². The van der Waals surface area contributed by atoms with Gasteiger partial charge in [-0.15, -0.1) is 0 Å². The molecule has 108 valence electrons. The van der Waals surface area contributed by atoms with Crippen molar-refractivity contribution in [3.63, 3.8) is 0 Å². The summed E-state index contributed by atoms with van der Waals surface area (Å²) in [5.74, 6) is -0.450. The third-order valence-corrected chi connectivity index (χ3v) is 4.04. The van der Waals surface area contributed by atoms with Crippen molar-refractivity contribution in [2.24, 2.45) is 5.73 Å². The average molecular weight is 298 g/mol. The van der Waals surface area contributed by atoms with Gasteiger partial charge in [0.25, 0.3) is 0 Å². The molecule has 0 atom stereocenters. The van der Waals surface area contributed by atoms with E-state index in [0.29, 0.717) is 13.1 Å². The third-order valence-electron chi connectivity index (χ3n) is 2.69. The summed E-state index contributed by atoms with van der Waals surface area (Å²) in [5.41, 5.74) is 5.65. The van der Waals surface area contributed by atoms with Gasteiger partial charge in [0.1, 0.15) is 10.7 Å². The van der Waals surface area contributed by atoms with Gasteiger partial charge in [-0.05, 0) is 6.07 Å². The molecule has 0 aliphatic rings. The highest BCUT2D eigenvalue weighted by atomic mass is 32.2. The monoisotopic (exact) mass is 298 g/mol. The molecule has 0 radical (unpaired) electrons. The molecule has 0 amide bonds. The Kier molecular flexibility index (Phi) is 4.48. The maximum atomic E-state index is 13.4. The number of sulfonamides is 1. The van der Waals surface area contributed by atoms with Crippen molar-refractivity contribution in [1.82, 2.24) is 14.5 Å². The number of aromatic nitrogens is 2. The van der Waals surface area contributed by atoms with Crippen LogP contribution in [0, 0.1) is 5.82 Å². The summed E-state index contributed by atoms with van der Waals surface area (Å²) < 4.78 is 41.2. The molecule has 0 bridgehead atoms. The molecule has 2 aromatic rings. The Morgan fingerprint density at radius 2 is 2.10 bits per heavy atom. The van der Waals surface area contributed by atoms with Gasteiger partial charge >= 0.3 is 0 Å². The molecule has 0 spiro atoms. The summed E-state index contributed by atoms with van der Waals surface area (Å²) in [7, 11) is -3.71. The van der Waals surface area contributed by atoms with Crippen LogP contribution in [-0.2, 0) is 23.1 Å². The second-order valence-corrected chi connectivity index (χ2v) is 5.91. The molecule has 20 heavy (non-hydrogen) atoms. The molecule has 1 aromatic heterocycles. The Morgan fingerprint density at radius 3 is 2.80 bits per heavy atom. The van der Waals surface area contributed by atoms with Gasteiger partial charge in [0.15, 0.2) is 0 Å². The Morgan fingerprint density at radius 1 is 1.35 bits per heavy atom. The number of nitrogens with two attached hydrogens (primary N) is 1. The molecule has 1 heterocycles. The van der Waals surface area contributed by atoms with Gasteiger partial charge in [-0.3, -0.25) is 4.68 Å². The normalized spacial score (nSPS) is 11.7. The summed E-state index contributed by atoms with van der Waals surface area (Å²) >= 11 is 0.